The third kappa shape index (κ3) is 4.93. The number of benzene rings is 1. The molecule has 0 aromatic heterocycles. The van der Waals surface area contributed by atoms with Crippen LogP contribution in [0.25, 0.3) is 0 Å². The van der Waals surface area contributed by atoms with Crippen LogP contribution in [-0.2, 0) is 14.6 Å². The van der Waals surface area contributed by atoms with E-state index in [2.05, 4.69) is 5.32 Å². The van der Waals surface area contributed by atoms with Gasteiger partial charge in [0.15, 0.2) is 9.84 Å². The lowest BCUT2D eigenvalue weighted by Gasteiger charge is -2.25. The smallest absolute Gasteiger partial charge is 0.179 e. The van der Waals surface area contributed by atoms with Crippen molar-refractivity contribution < 1.29 is 13.2 Å². The number of methoxy groups -OCH3 is 1. The van der Waals surface area contributed by atoms with Crippen LogP contribution in [-0.4, -0.2) is 40.0 Å². The predicted molar refractivity (Wildman–Crippen MR) is 77.2 cm³/mol. The third-order valence-corrected chi connectivity index (χ3v) is 4.52. The van der Waals surface area contributed by atoms with Gasteiger partial charge >= 0.3 is 0 Å². The maximum Gasteiger partial charge on any atom is 0.179 e. The molecule has 0 saturated heterocycles. The van der Waals surface area contributed by atoms with Crippen molar-refractivity contribution in [2.45, 2.75) is 24.3 Å². The molecule has 6 heteroatoms. The molecule has 20 heavy (non-hydrogen) atoms. The van der Waals surface area contributed by atoms with Crippen molar-refractivity contribution in [3.63, 3.8) is 0 Å². The molecule has 0 heterocycles. The first-order chi connectivity index (χ1) is 9.30. The van der Waals surface area contributed by atoms with Crippen LogP contribution in [0.4, 0.5) is 0 Å². The molecule has 0 atom stereocenters. The van der Waals surface area contributed by atoms with Crippen LogP contribution >= 0.6 is 0 Å². The van der Waals surface area contributed by atoms with E-state index in [-0.39, 0.29) is 16.2 Å². The van der Waals surface area contributed by atoms with Gasteiger partial charge in [0.25, 0.3) is 0 Å². The molecule has 0 bridgehead atoms. The second-order valence-electron chi connectivity index (χ2n) is 5.20. The van der Waals surface area contributed by atoms with Gasteiger partial charge in [-0.15, -0.1) is 0 Å². The van der Waals surface area contributed by atoms with Gasteiger partial charge in [-0.05, 0) is 32.0 Å². The monoisotopic (exact) mass is 296 g/mol. The van der Waals surface area contributed by atoms with Gasteiger partial charge in [-0.25, -0.2) is 8.42 Å². The Bertz CT molecular complexity index is 589. The fraction of sp³-hybridized carbons (Fsp3) is 0.500. The summed E-state index contributed by atoms with van der Waals surface area (Å²) in [7, 11) is -1.78. The molecule has 0 aliphatic rings. The van der Waals surface area contributed by atoms with Gasteiger partial charge in [0, 0.05) is 19.2 Å². The maximum absolute atomic E-state index is 12.2. The van der Waals surface area contributed by atoms with Crippen molar-refractivity contribution in [1.29, 1.82) is 5.26 Å². The van der Waals surface area contributed by atoms with Gasteiger partial charge in [-0.1, -0.05) is 6.07 Å². The van der Waals surface area contributed by atoms with Crippen LogP contribution in [0.15, 0.2) is 29.2 Å². The Kier molecular flexibility index (Phi) is 5.69. The highest BCUT2D eigenvalue weighted by Gasteiger charge is 2.19. The number of hydrogen-bond donors (Lipinski definition) is 1. The van der Waals surface area contributed by atoms with Crippen LogP contribution in [0.1, 0.15) is 19.4 Å². The second-order valence-corrected chi connectivity index (χ2v) is 7.31. The molecule has 0 aliphatic heterocycles. The highest BCUT2D eigenvalue weighted by atomic mass is 32.2. The highest BCUT2D eigenvalue weighted by molar-refractivity contribution is 7.91. The average molecular weight is 296 g/mol. The molecule has 1 N–H and O–H groups in total. The molecule has 0 unspecified atom stereocenters. The first kappa shape index (κ1) is 16.6. The fourth-order valence-corrected chi connectivity index (χ4v) is 3.01. The number of rotatable bonds is 7. The van der Waals surface area contributed by atoms with Crippen LogP contribution < -0.4 is 5.32 Å². The lowest BCUT2D eigenvalue weighted by atomic mass is 10.1. The Morgan fingerprint density at radius 3 is 2.70 bits per heavy atom. The van der Waals surface area contributed by atoms with Crippen LogP contribution in [0.3, 0.4) is 0 Å². The summed E-state index contributed by atoms with van der Waals surface area (Å²) < 4.78 is 29.4. The van der Waals surface area contributed by atoms with Crippen molar-refractivity contribution in [2.75, 3.05) is 26.0 Å². The zero-order valence-corrected chi connectivity index (χ0v) is 12.8. The molecule has 0 radical (unpaired) electrons. The number of nitrogens with one attached hydrogen (secondary N) is 1. The lowest BCUT2D eigenvalue weighted by molar-refractivity contribution is 0.130. The van der Waals surface area contributed by atoms with Crippen molar-refractivity contribution in [2.24, 2.45) is 0 Å². The van der Waals surface area contributed by atoms with Crippen molar-refractivity contribution in [1.82, 2.24) is 5.32 Å². The molecule has 0 amide bonds. The SMILES string of the molecule is COCC(C)(C)NCCS(=O)(=O)c1cccc(C#N)c1. The van der Waals surface area contributed by atoms with E-state index < -0.39 is 9.84 Å². The number of hydrogen-bond acceptors (Lipinski definition) is 5. The van der Waals surface area contributed by atoms with Crippen molar-refractivity contribution in [3.8, 4) is 6.07 Å². The minimum Gasteiger partial charge on any atom is -0.383 e. The first-order valence-electron chi connectivity index (χ1n) is 6.28. The van der Waals surface area contributed by atoms with E-state index in [4.69, 9.17) is 10.00 Å². The summed E-state index contributed by atoms with van der Waals surface area (Å²) in [5.41, 5.74) is 0.0671. The zero-order valence-electron chi connectivity index (χ0n) is 12.0. The molecular formula is C14H20N2O3S. The summed E-state index contributed by atoms with van der Waals surface area (Å²) >= 11 is 0. The average Bonchev–Trinajstić information content (AvgIpc) is 2.38. The van der Waals surface area contributed by atoms with Crippen LogP contribution in [0.5, 0.6) is 0 Å². The van der Waals surface area contributed by atoms with Gasteiger partial charge in [0.1, 0.15) is 0 Å². The largest absolute Gasteiger partial charge is 0.383 e. The Morgan fingerprint density at radius 1 is 1.40 bits per heavy atom. The minimum absolute atomic E-state index is 0.0188. The quantitative estimate of drug-likeness (QED) is 0.821. The van der Waals surface area contributed by atoms with E-state index in [1.165, 1.54) is 12.1 Å². The second kappa shape index (κ2) is 6.84. The van der Waals surface area contributed by atoms with E-state index in [9.17, 15) is 8.42 Å². The van der Waals surface area contributed by atoms with E-state index in [1.807, 2.05) is 19.9 Å². The van der Waals surface area contributed by atoms with E-state index in [0.717, 1.165) is 0 Å². The topological polar surface area (TPSA) is 79.2 Å². The summed E-state index contributed by atoms with van der Waals surface area (Å²) in [6, 6.07) is 8.01. The summed E-state index contributed by atoms with van der Waals surface area (Å²) in [5, 5.41) is 11.9. The van der Waals surface area contributed by atoms with Gasteiger partial charge in [-0.2, -0.15) is 5.26 Å². The third-order valence-electron chi connectivity index (χ3n) is 2.80. The van der Waals surface area contributed by atoms with E-state index in [1.54, 1.807) is 19.2 Å². The molecular weight excluding hydrogens is 276 g/mol. The van der Waals surface area contributed by atoms with Crippen molar-refractivity contribution >= 4 is 9.84 Å². The maximum atomic E-state index is 12.2. The fourth-order valence-electron chi connectivity index (χ4n) is 1.81. The molecule has 1 aromatic carbocycles. The zero-order chi connectivity index (χ0) is 15.2. The summed E-state index contributed by atoms with van der Waals surface area (Å²) in [4.78, 5) is 0.183. The number of nitriles is 1. The number of ether oxygens (including phenoxy) is 1. The van der Waals surface area contributed by atoms with E-state index >= 15 is 0 Å². The molecule has 0 fully saturated rings. The molecule has 0 spiro atoms. The molecule has 0 saturated carbocycles. The lowest BCUT2D eigenvalue weighted by Crippen LogP contribution is -2.45. The molecule has 1 aromatic rings. The number of nitrogens with zero attached hydrogens (tertiary/aromatic N) is 1. The Labute approximate surface area is 120 Å². The predicted octanol–water partition coefficient (Wildman–Crippen LogP) is 1.35. The number of sulfone groups is 1. The van der Waals surface area contributed by atoms with Gasteiger partial charge in [0.2, 0.25) is 0 Å². The Morgan fingerprint density at radius 2 is 2.10 bits per heavy atom. The summed E-state index contributed by atoms with van der Waals surface area (Å²) in [6.07, 6.45) is 0. The van der Waals surface area contributed by atoms with Crippen LogP contribution in [0, 0.1) is 11.3 Å². The van der Waals surface area contributed by atoms with Gasteiger partial charge in [-0.3, -0.25) is 0 Å². The van der Waals surface area contributed by atoms with E-state index in [0.29, 0.717) is 18.7 Å². The highest BCUT2D eigenvalue weighted by Crippen LogP contribution is 2.13. The molecule has 5 nitrogen and oxygen atoms in total. The minimum atomic E-state index is -3.38. The van der Waals surface area contributed by atoms with Crippen LogP contribution in [0.2, 0.25) is 0 Å². The van der Waals surface area contributed by atoms with Gasteiger partial charge < -0.3 is 10.1 Å². The Balaban J connectivity index is 2.69. The molecule has 0 aliphatic carbocycles. The first-order valence-corrected chi connectivity index (χ1v) is 7.93. The Hall–Kier alpha value is -1.42. The normalized spacial score (nSPS) is 12.1. The molecule has 1 rings (SSSR count). The summed E-state index contributed by atoms with van der Waals surface area (Å²) in [5.74, 6) is -0.0188. The molecule has 110 valence electrons. The standard InChI is InChI=1S/C14H20N2O3S/c1-14(2,11-19-3)16-7-8-20(17,18)13-6-4-5-12(9-13)10-15/h4-6,9,16H,7-8,11H2,1-3H3. The summed E-state index contributed by atoms with van der Waals surface area (Å²) in [6.45, 7) is 4.71. The van der Waals surface area contributed by atoms with Gasteiger partial charge in [0.05, 0.1) is 28.9 Å². The van der Waals surface area contributed by atoms with Crippen molar-refractivity contribution in [3.05, 3.63) is 29.8 Å².